The van der Waals surface area contributed by atoms with Gasteiger partial charge in [0.1, 0.15) is 5.82 Å². The molecule has 1 aliphatic rings. The second-order valence-corrected chi connectivity index (χ2v) is 8.01. The van der Waals surface area contributed by atoms with Crippen LogP contribution >= 0.6 is 0 Å². The number of hydrogen-bond acceptors (Lipinski definition) is 4. The summed E-state index contributed by atoms with van der Waals surface area (Å²) >= 11 is 0. The zero-order valence-corrected chi connectivity index (χ0v) is 17.8. The van der Waals surface area contributed by atoms with Gasteiger partial charge in [0.05, 0.1) is 17.0 Å². The molecule has 0 atom stereocenters. The SMILES string of the molecule is CCCn1nccc1CN1CCC(NC(=O)c2ccc(-c3cccc(F)c3)nc2)CC1. The Bertz CT molecular complexity index is 1010. The number of aromatic nitrogens is 3. The lowest BCUT2D eigenvalue weighted by atomic mass is 10.0. The highest BCUT2D eigenvalue weighted by molar-refractivity contribution is 5.94. The van der Waals surface area contributed by atoms with E-state index in [1.165, 1.54) is 17.8 Å². The van der Waals surface area contributed by atoms with Gasteiger partial charge in [-0.05, 0) is 49.6 Å². The molecule has 0 aliphatic carbocycles. The molecule has 162 valence electrons. The molecule has 0 spiro atoms. The molecule has 7 heteroatoms. The smallest absolute Gasteiger partial charge is 0.253 e. The number of aryl methyl sites for hydroxylation is 1. The van der Waals surface area contributed by atoms with Crippen LogP contribution in [0.15, 0.2) is 54.9 Å². The summed E-state index contributed by atoms with van der Waals surface area (Å²) in [6.45, 7) is 5.88. The van der Waals surface area contributed by atoms with Gasteiger partial charge >= 0.3 is 0 Å². The van der Waals surface area contributed by atoms with Gasteiger partial charge < -0.3 is 5.32 Å². The number of piperidine rings is 1. The maximum Gasteiger partial charge on any atom is 0.253 e. The predicted molar refractivity (Wildman–Crippen MR) is 118 cm³/mol. The number of hydrogen-bond donors (Lipinski definition) is 1. The first-order valence-electron chi connectivity index (χ1n) is 10.9. The van der Waals surface area contributed by atoms with Crippen molar-refractivity contribution in [2.24, 2.45) is 0 Å². The Hall–Kier alpha value is -3.06. The molecule has 0 radical (unpaired) electrons. The van der Waals surface area contributed by atoms with Crippen LogP contribution in [-0.4, -0.2) is 44.7 Å². The number of rotatable bonds is 7. The van der Waals surface area contributed by atoms with Gasteiger partial charge in [-0.15, -0.1) is 0 Å². The van der Waals surface area contributed by atoms with Gasteiger partial charge in [0, 0.05) is 50.2 Å². The average Bonchev–Trinajstić information content (AvgIpc) is 3.22. The van der Waals surface area contributed by atoms with Crippen molar-refractivity contribution in [3.05, 3.63) is 71.9 Å². The molecule has 31 heavy (non-hydrogen) atoms. The maximum absolute atomic E-state index is 13.4. The molecule has 1 fully saturated rings. The Morgan fingerprint density at radius 2 is 2.03 bits per heavy atom. The van der Waals surface area contributed by atoms with Gasteiger partial charge in [-0.3, -0.25) is 19.4 Å². The van der Waals surface area contributed by atoms with Crippen molar-refractivity contribution in [2.75, 3.05) is 13.1 Å². The molecule has 3 heterocycles. The van der Waals surface area contributed by atoms with Gasteiger partial charge in [0.2, 0.25) is 0 Å². The molecule has 6 nitrogen and oxygen atoms in total. The third kappa shape index (κ3) is 5.35. The minimum atomic E-state index is -0.303. The number of amides is 1. The highest BCUT2D eigenvalue weighted by atomic mass is 19.1. The molecule has 1 saturated heterocycles. The van der Waals surface area contributed by atoms with E-state index in [0.29, 0.717) is 16.8 Å². The Labute approximate surface area is 182 Å². The van der Waals surface area contributed by atoms with Crippen LogP contribution in [0.25, 0.3) is 11.3 Å². The van der Waals surface area contributed by atoms with Crippen LogP contribution in [0.4, 0.5) is 4.39 Å². The monoisotopic (exact) mass is 421 g/mol. The van der Waals surface area contributed by atoms with Crippen molar-refractivity contribution in [1.29, 1.82) is 0 Å². The summed E-state index contributed by atoms with van der Waals surface area (Å²) < 4.78 is 15.5. The van der Waals surface area contributed by atoms with Crippen LogP contribution < -0.4 is 5.32 Å². The van der Waals surface area contributed by atoms with E-state index in [2.05, 4.69) is 38.0 Å². The summed E-state index contributed by atoms with van der Waals surface area (Å²) in [7, 11) is 0. The van der Waals surface area contributed by atoms with Crippen molar-refractivity contribution >= 4 is 5.91 Å². The second-order valence-electron chi connectivity index (χ2n) is 8.01. The lowest BCUT2D eigenvalue weighted by Gasteiger charge is -2.32. The van der Waals surface area contributed by atoms with Gasteiger partial charge in [0.15, 0.2) is 0 Å². The number of carbonyl (C=O) groups excluding carboxylic acids is 1. The number of pyridine rings is 1. The van der Waals surface area contributed by atoms with Crippen LogP contribution in [0.3, 0.4) is 0 Å². The summed E-state index contributed by atoms with van der Waals surface area (Å²) in [6.07, 6.45) is 6.33. The quantitative estimate of drug-likeness (QED) is 0.629. The average molecular weight is 422 g/mol. The van der Waals surface area contributed by atoms with Crippen LogP contribution in [0.2, 0.25) is 0 Å². The molecule has 2 aromatic heterocycles. The van der Waals surface area contributed by atoms with Crippen molar-refractivity contribution in [1.82, 2.24) is 25.0 Å². The molecule has 1 N–H and O–H groups in total. The lowest BCUT2D eigenvalue weighted by Crippen LogP contribution is -2.44. The van der Waals surface area contributed by atoms with Gasteiger partial charge in [0.25, 0.3) is 5.91 Å². The number of nitrogens with zero attached hydrogens (tertiary/aromatic N) is 4. The molecular weight excluding hydrogens is 393 g/mol. The summed E-state index contributed by atoms with van der Waals surface area (Å²) in [6, 6.07) is 12.0. The van der Waals surface area contributed by atoms with Crippen molar-refractivity contribution < 1.29 is 9.18 Å². The van der Waals surface area contributed by atoms with E-state index in [1.807, 2.05) is 6.20 Å². The van der Waals surface area contributed by atoms with E-state index in [-0.39, 0.29) is 17.8 Å². The maximum atomic E-state index is 13.4. The van der Waals surface area contributed by atoms with E-state index >= 15 is 0 Å². The van der Waals surface area contributed by atoms with E-state index in [4.69, 9.17) is 0 Å². The zero-order chi connectivity index (χ0) is 21.6. The zero-order valence-electron chi connectivity index (χ0n) is 17.8. The van der Waals surface area contributed by atoms with Gasteiger partial charge in [-0.2, -0.15) is 5.10 Å². The summed E-state index contributed by atoms with van der Waals surface area (Å²) in [4.78, 5) is 19.4. The molecule has 1 aromatic carbocycles. The van der Waals surface area contributed by atoms with E-state index in [1.54, 1.807) is 30.5 Å². The first kappa shape index (κ1) is 21.2. The molecule has 3 aromatic rings. The largest absolute Gasteiger partial charge is 0.349 e. The highest BCUT2D eigenvalue weighted by Crippen LogP contribution is 2.19. The summed E-state index contributed by atoms with van der Waals surface area (Å²) in [5.41, 5.74) is 3.10. The Morgan fingerprint density at radius 3 is 2.74 bits per heavy atom. The van der Waals surface area contributed by atoms with Crippen molar-refractivity contribution in [3.8, 4) is 11.3 Å². The number of halogens is 1. The fourth-order valence-corrected chi connectivity index (χ4v) is 3.99. The predicted octanol–water partition coefficient (Wildman–Crippen LogP) is 3.89. The van der Waals surface area contributed by atoms with E-state index in [0.717, 1.165) is 45.4 Å². The number of benzene rings is 1. The molecule has 0 saturated carbocycles. The summed E-state index contributed by atoms with van der Waals surface area (Å²) in [5.74, 6) is -0.417. The van der Waals surface area contributed by atoms with Crippen molar-refractivity contribution in [3.63, 3.8) is 0 Å². The van der Waals surface area contributed by atoms with Gasteiger partial charge in [-0.1, -0.05) is 19.1 Å². The van der Waals surface area contributed by atoms with E-state index < -0.39 is 0 Å². The van der Waals surface area contributed by atoms with Gasteiger partial charge in [-0.25, -0.2) is 4.39 Å². The topological polar surface area (TPSA) is 63.1 Å². The fraction of sp³-hybridized carbons (Fsp3) is 0.375. The molecule has 0 bridgehead atoms. The minimum absolute atomic E-state index is 0.113. The minimum Gasteiger partial charge on any atom is -0.349 e. The van der Waals surface area contributed by atoms with Crippen LogP contribution in [0.5, 0.6) is 0 Å². The fourth-order valence-electron chi connectivity index (χ4n) is 3.99. The third-order valence-corrected chi connectivity index (χ3v) is 5.69. The Morgan fingerprint density at radius 1 is 1.19 bits per heavy atom. The lowest BCUT2D eigenvalue weighted by molar-refractivity contribution is 0.0907. The Kier molecular flexibility index (Phi) is 6.72. The van der Waals surface area contributed by atoms with Crippen LogP contribution in [-0.2, 0) is 13.1 Å². The molecular formula is C24H28FN5O. The van der Waals surface area contributed by atoms with E-state index in [9.17, 15) is 9.18 Å². The highest BCUT2D eigenvalue weighted by Gasteiger charge is 2.22. The molecule has 4 rings (SSSR count). The third-order valence-electron chi connectivity index (χ3n) is 5.69. The molecule has 1 amide bonds. The van der Waals surface area contributed by atoms with Crippen molar-refractivity contribution in [2.45, 2.75) is 45.3 Å². The first-order chi connectivity index (χ1) is 15.1. The second kappa shape index (κ2) is 9.83. The number of carbonyl (C=O) groups is 1. The normalized spacial score (nSPS) is 15.2. The first-order valence-corrected chi connectivity index (χ1v) is 10.9. The standard InChI is InChI=1S/C24H28FN5O/c1-2-12-30-22(8-11-27-30)17-29-13-9-21(10-14-29)28-24(31)19-6-7-23(26-16-19)18-4-3-5-20(25)15-18/h3-8,11,15-16,21H,2,9-10,12-14,17H2,1H3,(H,28,31). The Balaban J connectivity index is 1.28. The van der Waals surface area contributed by atoms with Crippen LogP contribution in [0.1, 0.15) is 42.2 Å². The number of likely N-dealkylation sites (tertiary alicyclic amines) is 1. The van der Waals surface area contributed by atoms with Crippen LogP contribution in [0, 0.1) is 5.82 Å². The molecule has 1 aliphatic heterocycles. The number of nitrogens with one attached hydrogen (secondary N) is 1. The summed E-state index contributed by atoms with van der Waals surface area (Å²) in [5, 5.41) is 7.53. The molecule has 0 unspecified atom stereocenters.